The summed E-state index contributed by atoms with van der Waals surface area (Å²) in [5.41, 5.74) is 0.448. The highest BCUT2D eigenvalue weighted by Crippen LogP contribution is 2.27. The average Bonchev–Trinajstić information content (AvgIpc) is 3.11. The van der Waals surface area contributed by atoms with Crippen LogP contribution in [0.15, 0.2) is 34.9 Å². The Balaban J connectivity index is 2.02. The molecule has 0 saturated heterocycles. The fourth-order valence-electron chi connectivity index (χ4n) is 2.23. The number of carbonyl (C=O) groups excluding carboxylic acids is 3. The first-order valence-corrected chi connectivity index (χ1v) is 9.33. The highest BCUT2D eigenvalue weighted by Gasteiger charge is 2.23. The Morgan fingerprint density at radius 3 is 2.29 bits per heavy atom. The summed E-state index contributed by atoms with van der Waals surface area (Å²) in [4.78, 5) is 36.0. The number of benzene rings is 1. The third-order valence-corrected chi connectivity index (χ3v) is 4.24. The van der Waals surface area contributed by atoms with Crippen molar-refractivity contribution in [2.75, 3.05) is 33.4 Å². The van der Waals surface area contributed by atoms with E-state index >= 15 is 0 Å². The first-order valence-electron chi connectivity index (χ1n) is 8.60. The summed E-state index contributed by atoms with van der Waals surface area (Å²) in [6, 6.07) is 6.93. The summed E-state index contributed by atoms with van der Waals surface area (Å²) >= 11 is 0.848. The zero-order chi connectivity index (χ0) is 20.5. The van der Waals surface area contributed by atoms with Crippen LogP contribution >= 0.6 is 12.1 Å². The number of ether oxygens (including phenoxy) is 3. The number of nitrogens with zero attached hydrogens (tertiary/aromatic N) is 2. The van der Waals surface area contributed by atoms with E-state index in [0.717, 1.165) is 21.8 Å². The molecule has 2 rings (SSSR count). The Bertz CT molecular complexity index is 803. The largest absolute Gasteiger partial charge is 0.465 e. The molecule has 0 aliphatic carbocycles. The number of esters is 2. The van der Waals surface area contributed by atoms with Crippen molar-refractivity contribution in [2.24, 2.45) is 0 Å². The van der Waals surface area contributed by atoms with E-state index in [1.54, 1.807) is 32.0 Å². The van der Waals surface area contributed by atoms with Gasteiger partial charge in [0.15, 0.2) is 11.3 Å². The second-order valence-corrected chi connectivity index (χ2v) is 6.68. The highest BCUT2D eigenvalue weighted by molar-refractivity contribution is 7.95. The summed E-state index contributed by atoms with van der Waals surface area (Å²) in [5, 5.41) is 0.798. The smallest absolute Gasteiger partial charge is 0.426 e. The van der Waals surface area contributed by atoms with Crippen molar-refractivity contribution in [3.05, 3.63) is 30.5 Å². The molecule has 1 amide bonds. The molecule has 1 heterocycles. The van der Waals surface area contributed by atoms with Gasteiger partial charge in [0.2, 0.25) is 0 Å². The second-order valence-electron chi connectivity index (χ2n) is 5.45. The van der Waals surface area contributed by atoms with Gasteiger partial charge in [0.05, 0.1) is 19.5 Å². The zero-order valence-corrected chi connectivity index (χ0v) is 16.7. The van der Waals surface area contributed by atoms with E-state index in [1.165, 1.54) is 17.6 Å². The van der Waals surface area contributed by atoms with E-state index in [1.807, 2.05) is 6.07 Å². The van der Waals surface area contributed by atoms with Gasteiger partial charge in [0.25, 0.3) is 0 Å². The van der Waals surface area contributed by atoms with Crippen molar-refractivity contribution in [3.8, 4) is 5.75 Å². The van der Waals surface area contributed by atoms with E-state index < -0.39 is 18.0 Å². The monoisotopic (exact) mass is 410 g/mol. The molecule has 28 heavy (non-hydrogen) atoms. The highest BCUT2D eigenvalue weighted by atomic mass is 32.2. The van der Waals surface area contributed by atoms with E-state index in [-0.39, 0.29) is 32.1 Å². The van der Waals surface area contributed by atoms with Gasteiger partial charge in [-0.3, -0.25) is 9.59 Å². The fraction of sp³-hybridized carbons (Fsp3) is 0.389. The Hall–Kier alpha value is -2.72. The number of hydrogen-bond donors (Lipinski definition) is 0. The van der Waals surface area contributed by atoms with Crippen molar-refractivity contribution >= 4 is 41.1 Å². The van der Waals surface area contributed by atoms with E-state index in [9.17, 15) is 14.4 Å². The van der Waals surface area contributed by atoms with Crippen molar-refractivity contribution in [3.63, 3.8) is 0 Å². The van der Waals surface area contributed by atoms with Gasteiger partial charge < -0.3 is 18.6 Å². The van der Waals surface area contributed by atoms with Crippen LogP contribution < -0.4 is 4.74 Å². The molecule has 152 valence electrons. The maximum Gasteiger partial charge on any atom is 0.426 e. The molecular formula is C18H22N2O7S. The van der Waals surface area contributed by atoms with Gasteiger partial charge in [-0.15, -0.1) is 0 Å². The lowest BCUT2D eigenvalue weighted by atomic mass is 10.2. The number of furan rings is 1. The molecule has 9 nitrogen and oxygen atoms in total. The number of fused-ring (bicyclic) bond motifs is 1. The molecule has 0 aliphatic rings. The molecule has 0 fully saturated rings. The minimum atomic E-state index is -0.702. The molecule has 0 N–H and O–H groups in total. The van der Waals surface area contributed by atoms with Crippen LogP contribution in [0.3, 0.4) is 0 Å². The number of hydrogen-bond acceptors (Lipinski definition) is 9. The maximum absolute atomic E-state index is 12.4. The molecule has 0 spiro atoms. The average molecular weight is 410 g/mol. The number of rotatable bonds is 9. The molecule has 0 bridgehead atoms. The summed E-state index contributed by atoms with van der Waals surface area (Å²) < 4.78 is 23.0. The van der Waals surface area contributed by atoms with E-state index in [0.29, 0.717) is 5.58 Å². The van der Waals surface area contributed by atoms with Crippen molar-refractivity contribution in [1.29, 1.82) is 0 Å². The molecule has 0 atom stereocenters. The lowest BCUT2D eigenvalue weighted by molar-refractivity contribution is -0.145. The van der Waals surface area contributed by atoms with Gasteiger partial charge in [0.1, 0.15) is 13.1 Å². The van der Waals surface area contributed by atoms with Gasteiger partial charge >= 0.3 is 18.0 Å². The lowest BCUT2D eigenvalue weighted by Gasteiger charge is -2.24. The fourth-order valence-corrected chi connectivity index (χ4v) is 3.00. The van der Waals surface area contributed by atoms with Crippen molar-refractivity contribution in [1.82, 2.24) is 8.61 Å². The Morgan fingerprint density at radius 2 is 1.68 bits per heavy atom. The van der Waals surface area contributed by atoms with Crippen molar-refractivity contribution in [2.45, 2.75) is 13.8 Å². The van der Waals surface area contributed by atoms with Gasteiger partial charge in [-0.1, -0.05) is 12.1 Å². The third kappa shape index (κ3) is 6.17. The molecular weight excluding hydrogens is 388 g/mol. The number of amides is 1. The van der Waals surface area contributed by atoms with Gasteiger partial charge in [-0.2, -0.15) is 0 Å². The molecule has 0 aliphatic heterocycles. The Morgan fingerprint density at radius 1 is 1.04 bits per heavy atom. The van der Waals surface area contributed by atoms with Crippen LogP contribution in [0.25, 0.3) is 11.0 Å². The van der Waals surface area contributed by atoms with Gasteiger partial charge in [-0.05, 0) is 26.0 Å². The van der Waals surface area contributed by atoms with Crippen LogP contribution in [0, 0.1) is 0 Å². The molecule has 0 radical (unpaired) electrons. The minimum Gasteiger partial charge on any atom is -0.465 e. The van der Waals surface area contributed by atoms with Gasteiger partial charge in [-0.25, -0.2) is 13.4 Å². The van der Waals surface area contributed by atoms with Crippen LogP contribution in [-0.2, 0) is 19.1 Å². The quantitative estimate of drug-likeness (QED) is 0.456. The molecule has 1 aromatic carbocycles. The molecule has 0 unspecified atom stereocenters. The topological polar surface area (TPSA) is 98.5 Å². The SMILES string of the molecule is CCOC(=O)CN(CC(=O)OCC)SN(C)C(=O)Oc1cccc2ccoc12. The molecule has 2 aromatic rings. The molecule has 0 saturated carbocycles. The standard InChI is InChI=1S/C18H22N2O7S/c1-4-24-15(21)11-20(12-16(22)25-5-2)28-19(3)18(23)27-14-8-6-7-13-9-10-26-17(13)14/h6-10H,4-5,11-12H2,1-3H3. The summed E-state index contributed by atoms with van der Waals surface area (Å²) in [6.45, 7) is 3.37. The Labute approximate surface area is 166 Å². The number of para-hydroxylation sites is 1. The van der Waals surface area contributed by atoms with Crippen molar-refractivity contribution < 1.29 is 33.0 Å². The third-order valence-electron chi connectivity index (χ3n) is 3.36. The predicted octanol–water partition coefficient (Wildman–Crippen LogP) is 2.85. The maximum atomic E-state index is 12.4. The zero-order valence-electron chi connectivity index (χ0n) is 15.9. The van der Waals surface area contributed by atoms with E-state index in [4.69, 9.17) is 18.6 Å². The molecule has 1 aromatic heterocycles. The van der Waals surface area contributed by atoms with Crippen LogP contribution in [0.4, 0.5) is 4.79 Å². The van der Waals surface area contributed by atoms with Crippen LogP contribution in [0.1, 0.15) is 13.8 Å². The normalized spacial score (nSPS) is 10.7. The first kappa shape index (κ1) is 21.6. The van der Waals surface area contributed by atoms with Crippen LogP contribution in [0.5, 0.6) is 5.75 Å². The Kier molecular flexibility index (Phi) is 8.15. The summed E-state index contributed by atoms with van der Waals surface area (Å²) in [5.74, 6) is -0.787. The van der Waals surface area contributed by atoms with Gasteiger partial charge in [0, 0.05) is 24.6 Å². The lowest BCUT2D eigenvalue weighted by Crippen LogP contribution is -2.36. The minimum absolute atomic E-state index is 0.206. The predicted molar refractivity (Wildman–Crippen MR) is 102 cm³/mol. The number of carbonyl (C=O) groups is 3. The second kappa shape index (κ2) is 10.6. The summed E-state index contributed by atoms with van der Waals surface area (Å²) in [6.07, 6.45) is 0.799. The summed E-state index contributed by atoms with van der Waals surface area (Å²) in [7, 11) is 1.46. The van der Waals surface area contributed by atoms with Crippen LogP contribution in [0.2, 0.25) is 0 Å². The first-order chi connectivity index (χ1) is 13.4. The molecule has 10 heteroatoms. The van der Waals surface area contributed by atoms with Crippen LogP contribution in [-0.4, -0.2) is 60.0 Å². The van der Waals surface area contributed by atoms with E-state index in [2.05, 4.69) is 0 Å².